The van der Waals surface area contributed by atoms with Crippen molar-refractivity contribution < 1.29 is 23.9 Å². The van der Waals surface area contributed by atoms with Crippen LogP contribution in [0.4, 0.5) is 5.69 Å². The van der Waals surface area contributed by atoms with E-state index in [1.54, 1.807) is 66.4 Å². The molecule has 43 heavy (non-hydrogen) atoms. The van der Waals surface area contributed by atoms with E-state index in [9.17, 15) is 14.4 Å². The van der Waals surface area contributed by atoms with Crippen molar-refractivity contribution in [3.63, 3.8) is 0 Å². The number of amides is 3. The quantitative estimate of drug-likeness (QED) is 0.181. The van der Waals surface area contributed by atoms with Crippen LogP contribution in [0.15, 0.2) is 108 Å². The van der Waals surface area contributed by atoms with Crippen LogP contribution in [0.3, 0.4) is 0 Å². The van der Waals surface area contributed by atoms with Gasteiger partial charge in [0.1, 0.15) is 16.9 Å². The molecule has 10 heteroatoms. The number of nitrogens with one attached hydrogen (secondary N) is 2. The van der Waals surface area contributed by atoms with Crippen LogP contribution >= 0.6 is 11.8 Å². The van der Waals surface area contributed by atoms with Crippen LogP contribution in [0.1, 0.15) is 32.4 Å². The molecule has 0 aromatic heterocycles. The summed E-state index contributed by atoms with van der Waals surface area (Å²) in [6.07, 6.45) is 1.52. The Labute approximate surface area is 253 Å². The molecule has 1 fully saturated rings. The number of benzene rings is 4. The Morgan fingerprint density at radius 2 is 1.67 bits per heavy atom. The average molecular weight is 595 g/mol. The Hall–Kier alpha value is -5.09. The number of carbonyl (C=O) groups is 3. The number of carbonyl (C=O) groups excluding carboxylic acids is 3. The first kappa shape index (κ1) is 29.4. The van der Waals surface area contributed by atoms with Crippen molar-refractivity contribution in [3.8, 4) is 11.5 Å². The van der Waals surface area contributed by atoms with Gasteiger partial charge in [-0.25, -0.2) is 5.43 Å². The van der Waals surface area contributed by atoms with Gasteiger partial charge in [-0.1, -0.05) is 54.6 Å². The highest BCUT2D eigenvalue weighted by molar-refractivity contribution is 8.00. The minimum absolute atomic E-state index is 0.100. The van der Waals surface area contributed by atoms with E-state index < -0.39 is 0 Å². The standard InChI is InChI=1S/C33H30N4O5S/c1-41-29-10-6-5-9-28(29)35-30(38)21-42-27-17-11-23(12-18-27)19-34-36-32(40)25-13-15-26(16-14-25)33-37(31(39)22-43-33)20-24-7-3-2-4-8-24/h2-19,33H,20-22H2,1H3,(H,35,38)(H,36,40)/b34-19-/t33-/m1/s1. The summed E-state index contributed by atoms with van der Waals surface area (Å²) in [4.78, 5) is 39.3. The van der Waals surface area contributed by atoms with Gasteiger partial charge in [0, 0.05) is 12.1 Å². The third kappa shape index (κ3) is 7.81. The highest BCUT2D eigenvalue weighted by atomic mass is 32.2. The number of hydrogen-bond acceptors (Lipinski definition) is 7. The first-order valence-electron chi connectivity index (χ1n) is 13.5. The van der Waals surface area contributed by atoms with Crippen LogP contribution in [0, 0.1) is 0 Å². The van der Waals surface area contributed by atoms with Crippen LogP contribution in [0.25, 0.3) is 0 Å². The van der Waals surface area contributed by atoms with Gasteiger partial charge < -0.3 is 19.7 Å². The molecule has 4 aromatic carbocycles. The lowest BCUT2D eigenvalue weighted by Gasteiger charge is -2.24. The van der Waals surface area contributed by atoms with Gasteiger partial charge in [0.05, 0.1) is 24.8 Å². The molecule has 1 aliphatic heterocycles. The summed E-state index contributed by atoms with van der Waals surface area (Å²) in [5.41, 5.74) is 6.34. The van der Waals surface area contributed by atoms with Crippen LogP contribution in [0.2, 0.25) is 0 Å². The number of para-hydroxylation sites is 2. The van der Waals surface area contributed by atoms with Crippen LogP contribution in [-0.2, 0) is 16.1 Å². The van der Waals surface area contributed by atoms with Crippen molar-refractivity contribution in [3.05, 3.63) is 125 Å². The zero-order valence-electron chi connectivity index (χ0n) is 23.4. The van der Waals surface area contributed by atoms with Gasteiger partial charge >= 0.3 is 0 Å². The molecule has 4 aromatic rings. The molecule has 0 saturated carbocycles. The van der Waals surface area contributed by atoms with E-state index in [0.717, 1.165) is 16.7 Å². The second-order valence-electron chi connectivity index (χ2n) is 9.60. The molecular formula is C33H30N4O5S. The molecule has 1 aliphatic rings. The molecule has 9 nitrogen and oxygen atoms in total. The minimum atomic E-state index is -0.347. The van der Waals surface area contributed by atoms with E-state index in [-0.39, 0.29) is 29.7 Å². The SMILES string of the molecule is COc1ccccc1NC(=O)COc1ccc(/C=N\NC(=O)c2ccc([C@H]3SCC(=O)N3Cc3ccccc3)cc2)cc1. The fourth-order valence-corrected chi connectivity index (χ4v) is 5.63. The second-order valence-corrected chi connectivity index (χ2v) is 10.7. The van der Waals surface area contributed by atoms with Gasteiger partial charge in [0.15, 0.2) is 6.61 Å². The number of thioether (sulfide) groups is 1. The average Bonchev–Trinajstić information content (AvgIpc) is 3.40. The lowest BCUT2D eigenvalue weighted by Crippen LogP contribution is -2.27. The minimum Gasteiger partial charge on any atom is -0.495 e. The monoisotopic (exact) mass is 594 g/mol. The molecule has 0 aliphatic carbocycles. The van der Waals surface area contributed by atoms with Crippen LogP contribution in [0.5, 0.6) is 11.5 Å². The van der Waals surface area contributed by atoms with Gasteiger partial charge in [0.25, 0.3) is 11.8 Å². The third-order valence-corrected chi connectivity index (χ3v) is 7.89. The predicted molar refractivity (Wildman–Crippen MR) is 167 cm³/mol. The molecule has 0 radical (unpaired) electrons. The molecule has 0 unspecified atom stereocenters. The number of methoxy groups -OCH3 is 1. The lowest BCUT2D eigenvalue weighted by atomic mass is 10.1. The summed E-state index contributed by atoms with van der Waals surface area (Å²) in [5.74, 6) is 0.951. The maximum absolute atomic E-state index is 12.6. The Balaban J connectivity index is 1.10. The number of nitrogens with zero attached hydrogens (tertiary/aromatic N) is 2. The van der Waals surface area contributed by atoms with Crippen molar-refractivity contribution in [2.45, 2.75) is 11.9 Å². The van der Waals surface area contributed by atoms with E-state index >= 15 is 0 Å². The van der Waals surface area contributed by atoms with Crippen molar-refractivity contribution in [1.82, 2.24) is 10.3 Å². The zero-order valence-corrected chi connectivity index (χ0v) is 24.3. The van der Waals surface area contributed by atoms with E-state index in [4.69, 9.17) is 9.47 Å². The smallest absolute Gasteiger partial charge is 0.271 e. The first-order valence-corrected chi connectivity index (χ1v) is 14.6. The highest BCUT2D eigenvalue weighted by Gasteiger charge is 2.32. The number of ether oxygens (including phenoxy) is 2. The van der Waals surface area contributed by atoms with Crippen molar-refractivity contribution in [2.24, 2.45) is 5.10 Å². The fraction of sp³-hybridized carbons (Fsp3) is 0.152. The van der Waals surface area contributed by atoms with E-state index in [1.165, 1.54) is 13.3 Å². The summed E-state index contributed by atoms with van der Waals surface area (Å²) in [6.45, 7) is 0.377. The molecule has 1 saturated heterocycles. The maximum atomic E-state index is 12.6. The summed E-state index contributed by atoms with van der Waals surface area (Å²) in [7, 11) is 1.54. The Kier molecular flexibility index (Phi) is 9.71. The Bertz CT molecular complexity index is 1590. The Morgan fingerprint density at radius 3 is 2.42 bits per heavy atom. The van der Waals surface area contributed by atoms with Gasteiger partial charge in [-0.2, -0.15) is 5.10 Å². The largest absolute Gasteiger partial charge is 0.495 e. The van der Waals surface area contributed by atoms with Crippen LogP contribution < -0.4 is 20.2 Å². The van der Waals surface area contributed by atoms with Crippen molar-refractivity contribution >= 4 is 41.4 Å². The van der Waals surface area contributed by atoms with Gasteiger partial charge in [0.2, 0.25) is 5.91 Å². The third-order valence-electron chi connectivity index (χ3n) is 6.63. The molecule has 218 valence electrons. The second kappa shape index (κ2) is 14.2. The predicted octanol–water partition coefficient (Wildman–Crippen LogP) is 5.25. The highest BCUT2D eigenvalue weighted by Crippen LogP contribution is 2.39. The fourth-order valence-electron chi connectivity index (χ4n) is 4.44. The molecule has 2 N–H and O–H groups in total. The van der Waals surface area contributed by atoms with Crippen LogP contribution in [-0.4, -0.2) is 48.3 Å². The summed E-state index contributed by atoms with van der Waals surface area (Å²) < 4.78 is 10.8. The summed E-state index contributed by atoms with van der Waals surface area (Å²) in [6, 6.07) is 31.2. The first-order chi connectivity index (χ1) is 21.0. The molecule has 1 heterocycles. The topological polar surface area (TPSA) is 109 Å². The van der Waals surface area contributed by atoms with Gasteiger partial charge in [-0.3, -0.25) is 14.4 Å². The summed E-state index contributed by atoms with van der Waals surface area (Å²) >= 11 is 1.58. The molecule has 3 amide bonds. The lowest BCUT2D eigenvalue weighted by molar-refractivity contribution is -0.128. The molecule has 0 spiro atoms. The Morgan fingerprint density at radius 1 is 0.953 bits per heavy atom. The van der Waals surface area contributed by atoms with Crippen molar-refractivity contribution in [2.75, 3.05) is 24.8 Å². The molecule has 5 rings (SSSR count). The number of anilines is 1. The number of hydrogen-bond donors (Lipinski definition) is 2. The number of rotatable bonds is 11. The van der Waals surface area contributed by atoms with E-state index in [1.807, 2.05) is 53.4 Å². The van der Waals surface area contributed by atoms with Gasteiger partial charge in [-0.05, 0) is 65.2 Å². The maximum Gasteiger partial charge on any atom is 0.271 e. The van der Waals surface area contributed by atoms with Gasteiger partial charge in [-0.15, -0.1) is 11.8 Å². The zero-order chi connectivity index (χ0) is 30.0. The molecular weight excluding hydrogens is 564 g/mol. The normalized spacial score (nSPS) is 14.5. The molecule has 1 atom stereocenters. The van der Waals surface area contributed by atoms with Crippen molar-refractivity contribution in [1.29, 1.82) is 0 Å². The molecule has 0 bridgehead atoms. The summed E-state index contributed by atoms with van der Waals surface area (Å²) in [5, 5.41) is 6.71. The van der Waals surface area contributed by atoms with E-state index in [0.29, 0.717) is 35.0 Å². The number of hydrazone groups is 1. The van der Waals surface area contributed by atoms with E-state index in [2.05, 4.69) is 15.8 Å².